The molecule has 1 saturated carbocycles. The van der Waals surface area contributed by atoms with E-state index in [1.54, 1.807) is 0 Å². The summed E-state index contributed by atoms with van der Waals surface area (Å²) < 4.78 is 6.53. The van der Waals surface area contributed by atoms with E-state index < -0.39 is 8.15 Å². The minimum Gasteiger partial charge on any atom is -0.346 e. The highest BCUT2D eigenvalue weighted by Crippen LogP contribution is 2.39. The van der Waals surface area contributed by atoms with E-state index in [1.165, 1.54) is 42.7 Å². The maximum absolute atomic E-state index is 6.53. The van der Waals surface area contributed by atoms with Gasteiger partial charge in [0, 0.05) is 10.6 Å². The monoisotopic (exact) mass is 284 g/mol. The van der Waals surface area contributed by atoms with Crippen molar-refractivity contribution in [1.29, 1.82) is 0 Å². The smallest absolute Gasteiger partial charge is 0.0921 e. The molecule has 2 aromatic rings. The van der Waals surface area contributed by atoms with Gasteiger partial charge in [0.1, 0.15) is 0 Å². The number of rotatable bonds is 4. The Labute approximate surface area is 122 Å². The van der Waals surface area contributed by atoms with E-state index in [0.29, 0.717) is 6.10 Å². The fraction of sp³-hybridized carbons (Fsp3) is 0.333. The molecule has 0 bridgehead atoms. The minimum atomic E-state index is -0.674. The van der Waals surface area contributed by atoms with Gasteiger partial charge in [-0.1, -0.05) is 79.9 Å². The van der Waals surface area contributed by atoms with E-state index in [1.807, 2.05) is 0 Å². The maximum atomic E-state index is 6.53. The Hall–Kier alpha value is -1.17. The molecule has 0 heterocycles. The molecule has 0 saturated heterocycles. The van der Waals surface area contributed by atoms with Crippen LogP contribution < -0.4 is 10.6 Å². The summed E-state index contributed by atoms with van der Waals surface area (Å²) in [6.07, 6.45) is 6.88. The fourth-order valence-electron chi connectivity index (χ4n) is 2.72. The molecule has 1 aliphatic carbocycles. The van der Waals surface area contributed by atoms with Gasteiger partial charge in [-0.05, 0) is 12.8 Å². The first kappa shape index (κ1) is 13.8. The third-order valence-corrected chi connectivity index (χ3v) is 5.83. The van der Waals surface area contributed by atoms with Gasteiger partial charge in [0.05, 0.1) is 14.3 Å². The summed E-state index contributed by atoms with van der Waals surface area (Å²) >= 11 is 0. The molecule has 0 amide bonds. The van der Waals surface area contributed by atoms with Gasteiger partial charge in [0.15, 0.2) is 0 Å². The van der Waals surface area contributed by atoms with Gasteiger partial charge in [0.25, 0.3) is 0 Å². The lowest BCUT2D eigenvalue weighted by molar-refractivity contribution is 0.177. The van der Waals surface area contributed by atoms with E-state index >= 15 is 0 Å². The van der Waals surface area contributed by atoms with Crippen LogP contribution >= 0.6 is 8.15 Å². The SMILES string of the molecule is c1ccc(P(OC2CCCCC2)c2ccccc2)cc1. The second-order valence-corrected chi connectivity index (χ2v) is 7.16. The zero-order valence-corrected chi connectivity index (χ0v) is 12.6. The van der Waals surface area contributed by atoms with E-state index in [-0.39, 0.29) is 0 Å². The predicted octanol–water partition coefficient (Wildman–Crippen LogP) is 4.38. The molecule has 104 valence electrons. The molecular formula is C18H21OP. The van der Waals surface area contributed by atoms with Crippen LogP contribution in [-0.4, -0.2) is 6.10 Å². The van der Waals surface area contributed by atoms with E-state index in [9.17, 15) is 0 Å². The molecule has 0 atom stereocenters. The first-order valence-corrected chi connectivity index (χ1v) is 8.76. The quantitative estimate of drug-likeness (QED) is 0.757. The van der Waals surface area contributed by atoms with Crippen molar-refractivity contribution >= 4 is 18.8 Å². The van der Waals surface area contributed by atoms with Crippen molar-refractivity contribution < 1.29 is 4.52 Å². The topological polar surface area (TPSA) is 9.23 Å². The molecule has 2 aromatic carbocycles. The van der Waals surface area contributed by atoms with Crippen molar-refractivity contribution in [2.45, 2.75) is 38.2 Å². The highest BCUT2D eigenvalue weighted by molar-refractivity contribution is 7.68. The van der Waals surface area contributed by atoms with Crippen LogP contribution in [-0.2, 0) is 4.52 Å². The molecule has 0 N–H and O–H groups in total. The lowest BCUT2D eigenvalue weighted by atomic mass is 9.98. The van der Waals surface area contributed by atoms with Crippen LogP contribution in [0.4, 0.5) is 0 Å². The van der Waals surface area contributed by atoms with Gasteiger partial charge in [0.2, 0.25) is 0 Å². The molecule has 1 nitrogen and oxygen atoms in total. The summed E-state index contributed by atoms with van der Waals surface area (Å²) in [6.45, 7) is 0. The molecule has 0 aliphatic heterocycles. The van der Waals surface area contributed by atoms with Crippen molar-refractivity contribution in [2.24, 2.45) is 0 Å². The van der Waals surface area contributed by atoms with E-state index in [2.05, 4.69) is 60.7 Å². The summed E-state index contributed by atoms with van der Waals surface area (Å²) in [5.74, 6) is 0. The molecule has 1 aliphatic rings. The fourth-order valence-corrected chi connectivity index (χ4v) is 4.65. The van der Waals surface area contributed by atoms with Crippen molar-refractivity contribution in [3.8, 4) is 0 Å². The summed E-state index contributed by atoms with van der Waals surface area (Å²) in [7, 11) is -0.674. The first-order valence-electron chi connectivity index (χ1n) is 7.50. The van der Waals surface area contributed by atoms with Crippen LogP contribution in [0.3, 0.4) is 0 Å². The Morgan fingerprint density at radius 3 is 1.70 bits per heavy atom. The summed E-state index contributed by atoms with van der Waals surface area (Å²) in [6, 6.07) is 21.4. The number of benzene rings is 2. The summed E-state index contributed by atoms with van der Waals surface area (Å²) in [5, 5.41) is 2.64. The van der Waals surface area contributed by atoms with Gasteiger partial charge >= 0.3 is 0 Å². The zero-order chi connectivity index (χ0) is 13.6. The normalized spacial score (nSPS) is 16.4. The minimum absolute atomic E-state index is 0.440. The standard InChI is InChI=1S/C18H21OP/c1-4-10-16(11-5-1)19-20(17-12-6-2-7-13-17)18-14-8-3-9-15-18/h2-3,6-9,12-16H,1,4-5,10-11H2. The summed E-state index contributed by atoms with van der Waals surface area (Å²) in [5.41, 5.74) is 0. The molecule has 2 heteroatoms. The zero-order valence-electron chi connectivity index (χ0n) is 11.7. The Morgan fingerprint density at radius 2 is 1.20 bits per heavy atom. The largest absolute Gasteiger partial charge is 0.346 e. The average molecular weight is 284 g/mol. The third-order valence-electron chi connectivity index (χ3n) is 3.79. The van der Waals surface area contributed by atoms with Crippen LogP contribution in [0.1, 0.15) is 32.1 Å². The van der Waals surface area contributed by atoms with Gasteiger partial charge in [-0.3, -0.25) is 0 Å². The van der Waals surface area contributed by atoms with Crippen molar-refractivity contribution in [1.82, 2.24) is 0 Å². The predicted molar refractivity (Wildman–Crippen MR) is 87.0 cm³/mol. The molecule has 0 aromatic heterocycles. The lowest BCUT2D eigenvalue weighted by Crippen LogP contribution is -2.21. The Morgan fingerprint density at radius 1 is 0.700 bits per heavy atom. The molecule has 20 heavy (non-hydrogen) atoms. The van der Waals surface area contributed by atoms with Gasteiger partial charge in [-0.25, -0.2) is 0 Å². The van der Waals surface area contributed by atoms with E-state index in [0.717, 1.165) is 0 Å². The number of hydrogen-bond donors (Lipinski definition) is 0. The molecular weight excluding hydrogens is 263 g/mol. The van der Waals surface area contributed by atoms with Crippen LogP contribution in [0.25, 0.3) is 0 Å². The Kier molecular flexibility index (Phi) is 4.84. The van der Waals surface area contributed by atoms with E-state index in [4.69, 9.17) is 4.52 Å². The van der Waals surface area contributed by atoms with Crippen molar-refractivity contribution in [3.63, 3.8) is 0 Å². The van der Waals surface area contributed by atoms with Crippen LogP contribution in [0.5, 0.6) is 0 Å². The maximum Gasteiger partial charge on any atom is 0.0921 e. The molecule has 0 unspecified atom stereocenters. The number of hydrogen-bond acceptors (Lipinski definition) is 1. The second kappa shape index (κ2) is 7.02. The second-order valence-electron chi connectivity index (χ2n) is 5.33. The Balaban J connectivity index is 1.83. The highest BCUT2D eigenvalue weighted by atomic mass is 31.1. The third kappa shape index (κ3) is 3.48. The van der Waals surface area contributed by atoms with Crippen LogP contribution in [0.15, 0.2) is 60.7 Å². The summed E-state index contributed by atoms with van der Waals surface area (Å²) in [4.78, 5) is 0. The molecule has 3 rings (SSSR count). The van der Waals surface area contributed by atoms with Crippen molar-refractivity contribution in [3.05, 3.63) is 60.7 Å². The van der Waals surface area contributed by atoms with Crippen molar-refractivity contribution in [2.75, 3.05) is 0 Å². The molecule has 0 radical (unpaired) electrons. The van der Waals surface area contributed by atoms with Crippen LogP contribution in [0.2, 0.25) is 0 Å². The van der Waals surface area contributed by atoms with Gasteiger partial charge in [-0.2, -0.15) is 0 Å². The van der Waals surface area contributed by atoms with Crippen LogP contribution in [0, 0.1) is 0 Å². The average Bonchev–Trinajstić information content (AvgIpc) is 2.55. The van der Waals surface area contributed by atoms with Gasteiger partial charge in [-0.15, -0.1) is 0 Å². The highest BCUT2D eigenvalue weighted by Gasteiger charge is 2.22. The Bertz CT molecular complexity index is 466. The molecule has 1 fully saturated rings. The first-order chi connectivity index (χ1) is 9.93. The molecule has 0 spiro atoms. The van der Waals surface area contributed by atoms with Gasteiger partial charge < -0.3 is 4.52 Å². The lowest BCUT2D eigenvalue weighted by Gasteiger charge is -2.27.